The molecule has 0 saturated heterocycles. The number of hydrogen-bond donors (Lipinski definition) is 1. The maximum absolute atomic E-state index is 13.4. The second-order valence-electron chi connectivity index (χ2n) is 8.42. The zero-order valence-electron chi connectivity index (χ0n) is 19.0. The number of carbonyl (C=O) groups is 2. The van der Waals surface area contributed by atoms with Gasteiger partial charge in [0.25, 0.3) is 5.91 Å². The molecule has 3 heterocycles. The van der Waals surface area contributed by atoms with Crippen molar-refractivity contribution in [3.05, 3.63) is 52.4 Å². The zero-order chi connectivity index (χ0) is 23.7. The number of anilines is 1. The number of hydrogen-bond acceptors (Lipinski definition) is 6. The maximum atomic E-state index is 13.4. The van der Waals surface area contributed by atoms with Crippen LogP contribution in [0.25, 0.3) is 0 Å². The summed E-state index contributed by atoms with van der Waals surface area (Å²) in [6.07, 6.45) is 2.43. The average molecular weight is 472 g/mol. The van der Waals surface area contributed by atoms with Crippen LogP contribution in [0, 0.1) is 5.92 Å². The molecule has 0 fully saturated rings. The SMILES string of the molecule is COc1ccc(OC)c2c1CC1=C(O2)C(=O)N(C(CC(C)C)C(=O)Nc2ccc(Cl)cn2)C1. The number of rotatable bonds is 7. The van der Waals surface area contributed by atoms with E-state index in [2.05, 4.69) is 10.3 Å². The van der Waals surface area contributed by atoms with Crippen LogP contribution in [-0.2, 0) is 16.0 Å². The van der Waals surface area contributed by atoms with Gasteiger partial charge in [0.15, 0.2) is 17.3 Å². The van der Waals surface area contributed by atoms with Gasteiger partial charge in [0, 0.05) is 30.3 Å². The van der Waals surface area contributed by atoms with Gasteiger partial charge in [-0.15, -0.1) is 0 Å². The normalized spacial score (nSPS) is 15.7. The number of methoxy groups -OCH3 is 2. The van der Waals surface area contributed by atoms with Crippen LogP contribution < -0.4 is 19.5 Å². The fourth-order valence-corrected chi connectivity index (χ4v) is 4.26. The molecule has 2 aliphatic heterocycles. The maximum Gasteiger partial charge on any atom is 0.290 e. The highest BCUT2D eigenvalue weighted by molar-refractivity contribution is 6.30. The molecular formula is C24H26ClN3O5. The van der Waals surface area contributed by atoms with Crippen molar-refractivity contribution in [2.24, 2.45) is 5.92 Å². The number of fused-ring (bicyclic) bond motifs is 1. The summed E-state index contributed by atoms with van der Waals surface area (Å²) >= 11 is 5.89. The molecule has 0 saturated carbocycles. The number of amides is 2. The molecule has 0 aliphatic carbocycles. The van der Waals surface area contributed by atoms with Crippen molar-refractivity contribution in [2.75, 3.05) is 26.1 Å². The van der Waals surface area contributed by atoms with Crippen LogP contribution in [0.1, 0.15) is 25.8 Å². The molecule has 1 N–H and O–H groups in total. The van der Waals surface area contributed by atoms with E-state index in [4.69, 9.17) is 25.8 Å². The molecule has 4 rings (SSSR count). The lowest BCUT2D eigenvalue weighted by molar-refractivity contribution is -0.135. The quantitative estimate of drug-likeness (QED) is 0.660. The molecule has 1 atom stereocenters. The number of ether oxygens (including phenoxy) is 3. The summed E-state index contributed by atoms with van der Waals surface area (Å²) in [5.74, 6) is 1.84. The minimum Gasteiger partial charge on any atom is -0.496 e. The van der Waals surface area contributed by atoms with Crippen molar-refractivity contribution in [1.82, 2.24) is 9.88 Å². The lowest BCUT2D eigenvalue weighted by Crippen LogP contribution is -2.46. The standard InChI is InChI=1S/C24H26ClN3O5/c1-13(2)9-17(23(29)27-20-8-5-15(25)11-26-20)28-12-14-10-16-18(31-3)6-7-19(32-4)22(16)33-21(14)24(28)30/h5-8,11,13,17H,9-10,12H2,1-4H3,(H,26,27,29). The second-order valence-corrected chi connectivity index (χ2v) is 8.86. The molecule has 2 aliphatic rings. The minimum absolute atomic E-state index is 0.183. The van der Waals surface area contributed by atoms with E-state index in [1.54, 1.807) is 37.3 Å². The third-order valence-electron chi connectivity index (χ3n) is 5.71. The second kappa shape index (κ2) is 9.31. The first-order valence-electron chi connectivity index (χ1n) is 10.7. The number of halogens is 1. The van der Waals surface area contributed by atoms with Crippen LogP contribution in [0.3, 0.4) is 0 Å². The van der Waals surface area contributed by atoms with Gasteiger partial charge in [-0.05, 0) is 36.6 Å². The van der Waals surface area contributed by atoms with Gasteiger partial charge in [-0.1, -0.05) is 25.4 Å². The van der Waals surface area contributed by atoms with Gasteiger partial charge >= 0.3 is 0 Å². The topological polar surface area (TPSA) is 90.0 Å². The monoisotopic (exact) mass is 471 g/mol. The Balaban J connectivity index is 1.59. The number of benzene rings is 1. The van der Waals surface area contributed by atoms with Gasteiger partial charge in [0.05, 0.1) is 19.2 Å². The van der Waals surface area contributed by atoms with Gasteiger partial charge in [0.2, 0.25) is 5.91 Å². The molecule has 1 aromatic carbocycles. The Bertz CT molecular complexity index is 1110. The highest BCUT2D eigenvalue weighted by Crippen LogP contribution is 2.45. The number of nitrogens with one attached hydrogen (secondary N) is 1. The van der Waals surface area contributed by atoms with E-state index < -0.39 is 6.04 Å². The molecule has 1 aromatic heterocycles. The van der Waals surface area contributed by atoms with E-state index in [-0.39, 0.29) is 23.5 Å². The van der Waals surface area contributed by atoms with Crippen LogP contribution in [0.2, 0.25) is 5.02 Å². The van der Waals surface area contributed by atoms with Crippen LogP contribution in [0.5, 0.6) is 17.2 Å². The predicted octanol–water partition coefficient (Wildman–Crippen LogP) is 3.84. The molecule has 9 heteroatoms. The Morgan fingerprint density at radius 3 is 2.58 bits per heavy atom. The lowest BCUT2D eigenvalue weighted by Gasteiger charge is -2.28. The summed E-state index contributed by atoms with van der Waals surface area (Å²) in [5, 5.41) is 3.28. The molecule has 0 radical (unpaired) electrons. The molecule has 1 unspecified atom stereocenters. The van der Waals surface area contributed by atoms with E-state index in [9.17, 15) is 9.59 Å². The summed E-state index contributed by atoms with van der Waals surface area (Å²) < 4.78 is 17.0. The Morgan fingerprint density at radius 1 is 1.21 bits per heavy atom. The van der Waals surface area contributed by atoms with E-state index in [0.29, 0.717) is 47.5 Å². The number of nitrogens with zero attached hydrogens (tertiary/aromatic N) is 2. The first-order chi connectivity index (χ1) is 15.8. The predicted molar refractivity (Wildman–Crippen MR) is 124 cm³/mol. The number of pyridine rings is 1. The van der Waals surface area contributed by atoms with Gasteiger partial charge in [0.1, 0.15) is 17.6 Å². The summed E-state index contributed by atoms with van der Waals surface area (Å²) in [7, 11) is 3.14. The van der Waals surface area contributed by atoms with Crippen molar-refractivity contribution in [3.8, 4) is 17.2 Å². The Labute approximate surface area is 197 Å². The van der Waals surface area contributed by atoms with E-state index >= 15 is 0 Å². The lowest BCUT2D eigenvalue weighted by atomic mass is 9.99. The highest BCUT2D eigenvalue weighted by Gasteiger charge is 2.42. The Kier molecular flexibility index (Phi) is 6.47. The van der Waals surface area contributed by atoms with E-state index in [1.165, 1.54) is 6.20 Å². The molecule has 33 heavy (non-hydrogen) atoms. The van der Waals surface area contributed by atoms with Crippen LogP contribution >= 0.6 is 11.6 Å². The summed E-state index contributed by atoms with van der Waals surface area (Å²) in [6, 6.07) is 6.15. The molecular weight excluding hydrogens is 446 g/mol. The van der Waals surface area contributed by atoms with E-state index in [0.717, 1.165) is 11.1 Å². The Hall–Kier alpha value is -3.26. The Morgan fingerprint density at radius 2 is 1.94 bits per heavy atom. The van der Waals surface area contributed by atoms with Crippen LogP contribution in [0.4, 0.5) is 5.82 Å². The number of aromatic nitrogens is 1. The van der Waals surface area contributed by atoms with E-state index in [1.807, 2.05) is 19.9 Å². The van der Waals surface area contributed by atoms with Gasteiger partial charge < -0.3 is 24.4 Å². The fourth-order valence-electron chi connectivity index (χ4n) is 4.15. The fraction of sp³-hybridized carbons (Fsp3) is 0.375. The average Bonchev–Trinajstić information content (AvgIpc) is 3.12. The highest BCUT2D eigenvalue weighted by atomic mass is 35.5. The third-order valence-corrected chi connectivity index (χ3v) is 5.93. The van der Waals surface area contributed by atoms with Crippen molar-refractivity contribution < 1.29 is 23.8 Å². The first kappa shape index (κ1) is 22.9. The van der Waals surface area contributed by atoms with Crippen LogP contribution in [-0.4, -0.2) is 48.5 Å². The van der Waals surface area contributed by atoms with Crippen LogP contribution in [0.15, 0.2) is 41.8 Å². The summed E-state index contributed by atoms with van der Waals surface area (Å²) in [5.41, 5.74) is 1.63. The summed E-state index contributed by atoms with van der Waals surface area (Å²) in [6.45, 7) is 4.32. The van der Waals surface area contributed by atoms with Crippen molar-refractivity contribution >= 4 is 29.2 Å². The van der Waals surface area contributed by atoms with Gasteiger partial charge in [-0.2, -0.15) is 0 Å². The van der Waals surface area contributed by atoms with Gasteiger partial charge in [-0.25, -0.2) is 4.98 Å². The van der Waals surface area contributed by atoms with Crippen molar-refractivity contribution in [1.29, 1.82) is 0 Å². The van der Waals surface area contributed by atoms with Crippen molar-refractivity contribution in [3.63, 3.8) is 0 Å². The largest absolute Gasteiger partial charge is 0.496 e. The molecule has 8 nitrogen and oxygen atoms in total. The first-order valence-corrected chi connectivity index (χ1v) is 11.1. The summed E-state index contributed by atoms with van der Waals surface area (Å²) in [4.78, 5) is 32.3. The zero-order valence-corrected chi connectivity index (χ0v) is 19.7. The molecule has 0 bridgehead atoms. The van der Waals surface area contributed by atoms with Crippen molar-refractivity contribution in [2.45, 2.75) is 32.7 Å². The van der Waals surface area contributed by atoms with Gasteiger partial charge in [-0.3, -0.25) is 9.59 Å². The molecule has 0 spiro atoms. The molecule has 174 valence electrons. The third kappa shape index (κ3) is 4.48. The smallest absolute Gasteiger partial charge is 0.290 e. The minimum atomic E-state index is -0.684. The molecule has 2 aromatic rings. The number of carbonyl (C=O) groups excluding carboxylic acids is 2. The molecule has 2 amide bonds.